The lowest BCUT2D eigenvalue weighted by Crippen LogP contribution is -2.46. The van der Waals surface area contributed by atoms with E-state index in [1.807, 2.05) is 31.2 Å². The van der Waals surface area contributed by atoms with E-state index in [-0.39, 0.29) is 11.9 Å². The summed E-state index contributed by atoms with van der Waals surface area (Å²) in [7, 11) is 2.06. The van der Waals surface area contributed by atoms with Crippen molar-refractivity contribution in [2.75, 3.05) is 12.4 Å². The number of nitrogens with zero attached hydrogens (tertiary/aromatic N) is 1. The topological polar surface area (TPSA) is 58.4 Å². The smallest absolute Gasteiger partial charge is 0.241 e. The fraction of sp³-hybridized carbons (Fsp3) is 0.588. The molecule has 1 atom stereocenters. The monoisotopic (exact) mass is 289 g/mol. The third-order valence-electron chi connectivity index (χ3n) is 4.64. The number of nitrogens with two attached hydrogens (primary N) is 1. The number of nitrogens with one attached hydrogen (secondary N) is 1. The lowest BCUT2D eigenvalue weighted by atomic mass is 9.93. The summed E-state index contributed by atoms with van der Waals surface area (Å²) >= 11 is 0. The average molecular weight is 289 g/mol. The van der Waals surface area contributed by atoms with Crippen LogP contribution >= 0.6 is 0 Å². The van der Waals surface area contributed by atoms with E-state index in [0.29, 0.717) is 12.6 Å². The molecule has 1 saturated carbocycles. The van der Waals surface area contributed by atoms with Gasteiger partial charge in [0.25, 0.3) is 0 Å². The van der Waals surface area contributed by atoms with Crippen molar-refractivity contribution in [2.45, 2.75) is 57.7 Å². The molecule has 4 nitrogen and oxygen atoms in total. The first-order valence-corrected chi connectivity index (χ1v) is 7.94. The van der Waals surface area contributed by atoms with Crippen molar-refractivity contribution in [3.05, 3.63) is 29.8 Å². The van der Waals surface area contributed by atoms with E-state index in [1.54, 1.807) is 0 Å². The van der Waals surface area contributed by atoms with E-state index in [2.05, 4.69) is 17.3 Å². The van der Waals surface area contributed by atoms with Crippen molar-refractivity contribution in [2.24, 2.45) is 5.73 Å². The molecule has 21 heavy (non-hydrogen) atoms. The lowest BCUT2D eigenvalue weighted by Gasteiger charge is -2.34. The van der Waals surface area contributed by atoms with Crippen molar-refractivity contribution in [3.63, 3.8) is 0 Å². The molecule has 1 aliphatic carbocycles. The number of amides is 1. The molecule has 1 aromatic carbocycles. The van der Waals surface area contributed by atoms with Gasteiger partial charge in [-0.25, -0.2) is 0 Å². The number of carbonyl (C=O) groups excluding carboxylic acids is 1. The lowest BCUT2D eigenvalue weighted by molar-refractivity contribution is -0.121. The van der Waals surface area contributed by atoms with Crippen LogP contribution in [0.2, 0.25) is 0 Å². The summed E-state index contributed by atoms with van der Waals surface area (Å²) in [5.74, 6) is 0.0453. The molecule has 1 aromatic rings. The van der Waals surface area contributed by atoms with Crippen molar-refractivity contribution in [1.29, 1.82) is 0 Å². The maximum Gasteiger partial charge on any atom is 0.241 e. The molecule has 0 spiro atoms. The van der Waals surface area contributed by atoms with Crippen LogP contribution in [-0.2, 0) is 11.3 Å². The highest BCUT2D eigenvalue weighted by molar-refractivity contribution is 5.95. The summed E-state index contributed by atoms with van der Waals surface area (Å²) < 4.78 is 0. The number of anilines is 1. The molecule has 0 heterocycles. The van der Waals surface area contributed by atoms with Gasteiger partial charge in [-0.05, 0) is 38.4 Å². The van der Waals surface area contributed by atoms with Gasteiger partial charge in [-0.3, -0.25) is 9.69 Å². The van der Waals surface area contributed by atoms with Crippen LogP contribution in [0.5, 0.6) is 0 Å². The van der Waals surface area contributed by atoms with Crippen LogP contribution in [0.25, 0.3) is 0 Å². The molecule has 1 unspecified atom stereocenters. The summed E-state index contributed by atoms with van der Waals surface area (Å²) in [5, 5.41) is 3.02. The highest BCUT2D eigenvalue weighted by Crippen LogP contribution is 2.23. The Labute approximate surface area is 127 Å². The molecule has 116 valence electrons. The Kier molecular flexibility index (Phi) is 5.76. The van der Waals surface area contributed by atoms with Gasteiger partial charge in [-0.15, -0.1) is 0 Å². The molecule has 1 aliphatic rings. The summed E-state index contributed by atoms with van der Waals surface area (Å²) in [6.45, 7) is 2.41. The van der Waals surface area contributed by atoms with Crippen molar-refractivity contribution >= 4 is 11.6 Å². The van der Waals surface area contributed by atoms with E-state index in [1.165, 1.54) is 32.1 Å². The maximum absolute atomic E-state index is 12.5. The highest BCUT2D eigenvalue weighted by Gasteiger charge is 2.26. The molecule has 0 aromatic heterocycles. The first-order chi connectivity index (χ1) is 10.1. The number of benzene rings is 1. The molecule has 1 fully saturated rings. The molecule has 0 saturated heterocycles. The Morgan fingerprint density at radius 1 is 1.33 bits per heavy atom. The van der Waals surface area contributed by atoms with Gasteiger partial charge in [0.1, 0.15) is 0 Å². The van der Waals surface area contributed by atoms with E-state index >= 15 is 0 Å². The molecule has 4 heteroatoms. The SMILES string of the molecule is CC(C(=O)Nc1ccccc1CN)N(C)C1CCCCC1. The largest absolute Gasteiger partial charge is 0.326 e. The fourth-order valence-corrected chi connectivity index (χ4v) is 3.05. The molecule has 2 rings (SSSR count). The van der Waals surface area contributed by atoms with Gasteiger partial charge >= 0.3 is 0 Å². The second kappa shape index (κ2) is 7.57. The minimum atomic E-state index is -0.126. The Morgan fingerprint density at radius 2 is 2.00 bits per heavy atom. The van der Waals surface area contributed by atoms with Gasteiger partial charge in [0.15, 0.2) is 0 Å². The Balaban J connectivity index is 1.98. The van der Waals surface area contributed by atoms with Gasteiger partial charge in [-0.2, -0.15) is 0 Å². The number of rotatable bonds is 5. The normalized spacial score (nSPS) is 17.7. The minimum Gasteiger partial charge on any atom is -0.326 e. The molecule has 0 aliphatic heterocycles. The standard InChI is InChI=1S/C17H27N3O/c1-13(20(2)15-9-4-3-5-10-15)17(21)19-16-11-7-6-8-14(16)12-18/h6-8,11,13,15H,3-5,9-10,12,18H2,1-2H3,(H,19,21). The molecule has 0 bridgehead atoms. The van der Waals surface area contributed by atoms with Crippen LogP contribution in [0, 0.1) is 0 Å². The number of carbonyl (C=O) groups is 1. The first-order valence-electron chi connectivity index (χ1n) is 7.94. The Morgan fingerprint density at radius 3 is 2.67 bits per heavy atom. The van der Waals surface area contributed by atoms with Crippen LogP contribution < -0.4 is 11.1 Å². The minimum absolute atomic E-state index is 0.0453. The van der Waals surface area contributed by atoms with E-state index < -0.39 is 0 Å². The average Bonchev–Trinajstić information content (AvgIpc) is 2.54. The number of hydrogen-bond donors (Lipinski definition) is 2. The summed E-state index contributed by atoms with van der Waals surface area (Å²) in [6, 6.07) is 8.13. The summed E-state index contributed by atoms with van der Waals surface area (Å²) in [6.07, 6.45) is 6.29. The number of hydrogen-bond acceptors (Lipinski definition) is 3. The van der Waals surface area contributed by atoms with E-state index in [4.69, 9.17) is 5.73 Å². The van der Waals surface area contributed by atoms with Crippen LogP contribution in [0.15, 0.2) is 24.3 Å². The third-order valence-corrected chi connectivity index (χ3v) is 4.64. The Bertz CT molecular complexity index is 469. The van der Waals surface area contributed by atoms with Crippen LogP contribution in [0.4, 0.5) is 5.69 Å². The second-order valence-corrected chi connectivity index (χ2v) is 5.98. The quantitative estimate of drug-likeness (QED) is 0.876. The third kappa shape index (κ3) is 4.05. The van der Waals surface area contributed by atoms with Crippen molar-refractivity contribution < 1.29 is 4.79 Å². The van der Waals surface area contributed by atoms with Crippen LogP contribution in [0.3, 0.4) is 0 Å². The van der Waals surface area contributed by atoms with E-state index in [0.717, 1.165) is 11.3 Å². The van der Waals surface area contributed by atoms with Gasteiger partial charge in [-0.1, -0.05) is 37.5 Å². The predicted molar refractivity (Wildman–Crippen MR) is 87.1 cm³/mol. The summed E-state index contributed by atoms with van der Waals surface area (Å²) in [5.41, 5.74) is 7.52. The summed E-state index contributed by atoms with van der Waals surface area (Å²) in [4.78, 5) is 14.7. The number of likely N-dealkylation sites (N-methyl/N-ethyl adjacent to an activating group) is 1. The zero-order chi connectivity index (χ0) is 15.2. The van der Waals surface area contributed by atoms with Gasteiger partial charge in [0.05, 0.1) is 6.04 Å². The van der Waals surface area contributed by atoms with E-state index in [9.17, 15) is 4.79 Å². The second-order valence-electron chi connectivity index (χ2n) is 5.98. The Hall–Kier alpha value is -1.39. The van der Waals surface area contributed by atoms with Crippen molar-refractivity contribution in [1.82, 2.24) is 4.90 Å². The maximum atomic E-state index is 12.5. The zero-order valence-electron chi connectivity index (χ0n) is 13.1. The highest BCUT2D eigenvalue weighted by atomic mass is 16.2. The molecular formula is C17H27N3O. The molecular weight excluding hydrogens is 262 g/mol. The number of para-hydroxylation sites is 1. The fourth-order valence-electron chi connectivity index (χ4n) is 3.05. The van der Waals surface area contributed by atoms with Crippen LogP contribution in [-0.4, -0.2) is 29.9 Å². The first kappa shape index (κ1) is 16.0. The zero-order valence-corrected chi connectivity index (χ0v) is 13.1. The molecule has 0 radical (unpaired) electrons. The predicted octanol–water partition coefficient (Wildman–Crippen LogP) is 2.74. The van der Waals surface area contributed by atoms with Crippen molar-refractivity contribution in [3.8, 4) is 0 Å². The van der Waals surface area contributed by atoms with Crippen LogP contribution in [0.1, 0.15) is 44.6 Å². The molecule has 3 N–H and O–H groups in total. The van der Waals surface area contributed by atoms with Gasteiger partial charge in [0, 0.05) is 18.3 Å². The molecule has 1 amide bonds. The van der Waals surface area contributed by atoms with Gasteiger partial charge < -0.3 is 11.1 Å². The van der Waals surface area contributed by atoms with Gasteiger partial charge in [0.2, 0.25) is 5.91 Å².